The first kappa shape index (κ1) is 15.2. The van der Waals surface area contributed by atoms with Gasteiger partial charge in [0.1, 0.15) is 0 Å². The molecular weight excluding hydrogens is 268 g/mol. The topological polar surface area (TPSA) is 70.1 Å². The summed E-state index contributed by atoms with van der Waals surface area (Å²) in [5.41, 5.74) is 0. The average Bonchev–Trinajstić information content (AvgIpc) is 2.39. The summed E-state index contributed by atoms with van der Waals surface area (Å²) in [5.74, 6) is 0.411. The second-order valence-corrected chi connectivity index (χ2v) is 7.55. The Bertz CT molecular complexity index is 401. The predicted octanol–water partition coefficient (Wildman–Crippen LogP) is 0.0447. The minimum Gasteiger partial charge on any atom is -0.394 e. The van der Waals surface area contributed by atoms with E-state index in [0.717, 1.165) is 12.8 Å². The summed E-state index contributed by atoms with van der Waals surface area (Å²) < 4.78 is 33.8. The first-order chi connectivity index (χ1) is 8.95. The molecule has 3 atom stereocenters. The molecule has 19 heavy (non-hydrogen) atoms. The number of nitrogens with zero attached hydrogens (tertiary/aromatic N) is 2. The SMILES string of the molecule is CC1CCCN(S(=O)(=O)N2CC(CO)OCC2C)C1. The molecule has 2 aliphatic rings. The van der Waals surface area contributed by atoms with Gasteiger partial charge in [-0.1, -0.05) is 6.92 Å². The Morgan fingerprint density at radius 2 is 2.05 bits per heavy atom. The van der Waals surface area contributed by atoms with E-state index in [1.165, 1.54) is 4.31 Å². The van der Waals surface area contributed by atoms with Crippen LogP contribution in [0.5, 0.6) is 0 Å². The van der Waals surface area contributed by atoms with E-state index in [4.69, 9.17) is 9.84 Å². The third-order valence-electron chi connectivity index (χ3n) is 3.89. The van der Waals surface area contributed by atoms with Crippen LogP contribution in [0.2, 0.25) is 0 Å². The van der Waals surface area contributed by atoms with Gasteiger partial charge in [-0.15, -0.1) is 0 Å². The molecule has 2 fully saturated rings. The average molecular weight is 292 g/mol. The summed E-state index contributed by atoms with van der Waals surface area (Å²) >= 11 is 0. The van der Waals surface area contributed by atoms with Crippen LogP contribution in [-0.2, 0) is 14.9 Å². The van der Waals surface area contributed by atoms with E-state index in [2.05, 4.69) is 6.92 Å². The predicted molar refractivity (Wildman–Crippen MR) is 71.9 cm³/mol. The minimum absolute atomic E-state index is 0.144. The fourth-order valence-corrected chi connectivity index (χ4v) is 4.70. The van der Waals surface area contributed by atoms with Gasteiger partial charge in [0.2, 0.25) is 0 Å². The number of hydrogen-bond donors (Lipinski definition) is 1. The Hall–Kier alpha value is -0.210. The molecule has 0 saturated carbocycles. The van der Waals surface area contributed by atoms with Gasteiger partial charge in [-0.2, -0.15) is 17.0 Å². The molecule has 6 nitrogen and oxygen atoms in total. The first-order valence-corrected chi connectivity index (χ1v) is 8.34. The maximum atomic E-state index is 12.7. The van der Waals surface area contributed by atoms with Gasteiger partial charge in [-0.3, -0.25) is 0 Å². The maximum Gasteiger partial charge on any atom is 0.282 e. The Kier molecular flexibility index (Phi) is 4.84. The lowest BCUT2D eigenvalue weighted by molar-refractivity contribution is -0.0533. The van der Waals surface area contributed by atoms with Crippen molar-refractivity contribution in [3.63, 3.8) is 0 Å². The molecule has 2 saturated heterocycles. The molecule has 112 valence electrons. The van der Waals surface area contributed by atoms with Crippen LogP contribution in [0.15, 0.2) is 0 Å². The number of aliphatic hydroxyl groups is 1. The van der Waals surface area contributed by atoms with E-state index in [-0.39, 0.29) is 19.2 Å². The highest BCUT2D eigenvalue weighted by atomic mass is 32.2. The van der Waals surface area contributed by atoms with E-state index in [9.17, 15) is 8.42 Å². The molecule has 0 aromatic carbocycles. The van der Waals surface area contributed by atoms with Crippen LogP contribution in [0.4, 0.5) is 0 Å². The van der Waals surface area contributed by atoms with E-state index in [1.807, 2.05) is 6.92 Å². The van der Waals surface area contributed by atoms with E-state index in [1.54, 1.807) is 4.31 Å². The van der Waals surface area contributed by atoms with Gasteiger partial charge < -0.3 is 9.84 Å². The third kappa shape index (κ3) is 3.28. The number of rotatable bonds is 3. The first-order valence-electron chi connectivity index (χ1n) is 6.94. The summed E-state index contributed by atoms with van der Waals surface area (Å²) in [6, 6.07) is -0.176. The van der Waals surface area contributed by atoms with E-state index < -0.39 is 16.3 Å². The summed E-state index contributed by atoms with van der Waals surface area (Å²) in [4.78, 5) is 0. The van der Waals surface area contributed by atoms with Crippen molar-refractivity contribution in [3.05, 3.63) is 0 Å². The third-order valence-corrected chi connectivity index (χ3v) is 5.98. The van der Waals surface area contributed by atoms with Crippen LogP contribution in [0.25, 0.3) is 0 Å². The zero-order chi connectivity index (χ0) is 14.0. The fourth-order valence-electron chi connectivity index (χ4n) is 2.73. The molecule has 2 heterocycles. The van der Waals surface area contributed by atoms with Gasteiger partial charge in [0.15, 0.2) is 0 Å². The number of hydrogen-bond acceptors (Lipinski definition) is 4. The largest absolute Gasteiger partial charge is 0.394 e. The zero-order valence-electron chi connectivity index (χ0n) is 11.7. The van der Waals surface area contributed by atoms with Crippen LogP contribution < -0.4 is 0 Å². The lowest BCUT2D eigenvalue weighted by Crippen LogP contribution is -2.57. The lowest BCUT2D eigenvalue weighted by Gasteiger charge is -2.40. The monoisotopic (exact) mass is 292 g/mol. The van der Waals surface area contributed by atoms with Gasteiger partial charge in [0.05, 0.1) is 19.3 Å². The van der Waals surface area contributed by atoms with Crippen LogP contribution in [-0.4, -0.2) is 67.1 Å². The molecular formula is C12H24N2O4S. The second kappa shape index (κ2) is 6.05. The molecule has 2 aliphatic heterocycles. The van der Waals surface area contributed by atoms with Crippen molar-refractivity contribution >= 4 is 10.2 Å². The Morgan fingerprint density at radius 1 is 1.32 bits per heavy atom. The quantitative estimate of drug-likeness (QED) is 0.797. The molecule has 0 radical (unpaired) electrons. The molecule has 0 aromatic rings. The van der Waals surface area contributed by atoms with Gasteiger partial charge in [0, 0.05) is 25.7 Å². The van der Waals surface area contributed by atoms with Crippen LogP contribution in [0.3, 0.4) is 0 Å². The summed E-state index contributed by atoms with van der Waals surface area (Å²) in [6.45, 7) is 5.56. The fraction of sp³-hybridized carbons (Fsp3) is 1.00. The number of morpholine rings is 1. The van der Waals surface area contributed by atoms with E-state index >= 15 is 0 Å². The van der Waals surface area contributed by atoms with Crippen molar-refractivity contribution in [2.45, 2.75) is 38.8 Å². The van der Waals surface area contributed by atoms with Crippen LogP contribution >= 0.6 is 0 Å². The lowest BCUT2D eigenvalue weighted by atomic mass is 10.0. The summed E-state index contributed by atoms with van der Waals surface area (Å²) in [6.07, 6.45) is 1.60. The Balaban J connectivity index is 2.12. The number of aliphatic hydroxyl groups excluding tert-OH is 1. The highest BCUT2D eigenvalue weighted by Gasteiger charge is 2.39. The Morgan fingerprint density at radius 3 is 2.68 bits per heavy atom. The van der Waals surface area contributed by atoms with Crippen molar-refractivity contribution in [3.8, 4) is 0 Å². The second-order valence-electron chi connectivity index (χ2n) is 5.67. The summed E-state index contributed by atoms with van der Waals surface area (Å²) in [5, 5.41) is 9.15. The van der Waals surface area contributed by atoms with Crippen LogP contribution in [0, 0.1) is 5.92 Å². The molecule has 3 unspecified atom stereocenters. The zero-order valence-corrected chi connectivity index (χ0v) is 12.5. The maximum absolute atomic E-state index is 12.7. The standard InChI is InChI=1S/C12H24N2O4S/c1-10-4-3-5-13(6-10)19(16,17)14-7-12(8-15)18-9-11(14)2/h10-12,15H,3-9H2,1-2H3. The highest BCUT2D eigenvalue weighted by Crippen LogP contribution is 2.24. The van der Waals surface area contributed by atoms with Crippen molar-refractivity contribution in [1.82, 2.24) is 8.61 Å². The molecule has 0 amide bonds. The van der Waals surface area contributed by atoms with Crippen molar-refractivity contribution < 1.29 is 18.3 Å². The normalized spacial score (nSPS) is 35.4. The van der Waals surface area contributed by atoms with Crippen molar-refractivity contribution in [2.75, 3.05) is 32.8 Å². The molecule has 0 bridgehead atoms. The number of ether oxygens (including phenoxy) is 1. The Labute approximate surface area is 115 Å². The van der Waals surface area contributed by atoms with E-state index in [0.29, 0.717) is 25.6 Å². The molecule has 0 aromatic heterocycles. The van der Waals surface area contributed by atoms with Gasteiger partial charge in [-0.05, 0) is 25.7 Å². The van der Waals surface area contributed by atoms with Crippen molar-refractivity contribution in [2.24, 2.45) is 5.92 Å². The van der Waals surface area contributed by atoms with Gasteiger partial charge >= 0.3 is 0 Å². The molecule has 7 heteroatoms. The molecule has 2 rings (SSSR count). The van der Waals surface area contributed by atoms with Gasteiger partial charge in [0.25, 0.3) is 10.2 Å². The minimum atomic E-state index is -3.43. The smallest absolute Gasteiger partial charge is 0.282 e. The highest BCUT2D eigenvalue weighted by molar-refractivity contribution is 7.86. The van der Waals surface area contributed by atoms with Crippen molar-refractivity contribution in [1.29, 1.82) is 0 Å². The number of piperidine rings is 1. The molecule has 1 N–H and O–H groups in total. The van der Waals surface area contributed by atoms with Crippen LogP contribution in [0.1, 0.15) is 26.7 Å². The summed E-state index contributed by atoms with van der Waals surface area (Å²) in [7, 11) is -3.43. The molecule has 0 spiro atoms. The molecule has 0 aliphatic carbocycles. The van der Waals surface area contributed by atoms with Gasteiger partial charge in [-0.25, -0.2) is 0 Å².